The van der Waals surface area contributed by atoms with Gasteiger partial charge in [-0.25, -0.2) is 8.42 Å². The highest BCUT2D eigenvalue weighted by molar-refractivity contribution is 7.89. The minimum Gasteiger partial charge on any atom is -0.495 e. The normalized spacial score (nSPS) is 19.9. The minimum atomic E-state index is -3.65. The van der Waals surface area contributed by atoms with E-state index in [9.17, 15) is 8.42 Å². The molecule has 0 aliphatic carbocycles. The zero-order valence-corrected chi connectivity index (χ0v) is 14.7. The molecule has 5 nitrogen and oxygen atoms in total. The van der Waals surface area contributed by atoms with Crippen molar-refractivity contribution in [3.63, 3.8) is 0 Å². The molecular weight excluding hydrogens is 326 g/mol. The summed E-state index contributed by atoms with van der Waals surface area (Å²) in [6.07, 6.45) is 3.63. The second kappa shape index (κ2) is 7.06. The molecule has 0 amide bonds. The number of sulfonamides is 1. The van der Waals surface area contributed by atoms with Crippen LogP contribution in [-0.2, 0) is 10.0 Å². The van der Waals surface area contributed by atoms with Gasteiger partial charge >= 0.3 is 0 Å². The van der Waals surface area contributed by atoms with Crippen LogP contribution in [-0.4, -0.2) is 39.5 Å². The van der Waals surface area contributed by atoms with Crippen molar-refractivity contribution >= 4 is 21.6 Å². The predicted octanol–water partition coefficient (Wildman–Crippen LogP) is 3.31. The Labute approximate surface area is 137 Å². The second-order valence-corrected chi connectivity index (χ2v) is 7.58. The van der Waals surface area contributed by atoms with Gasteiger partial charge in [-0.15, -0.1) is 0 Å². The van der Waals surface area contributed by atoms with Gasteiger partial charge in [-0.1, -0.05) is 24.9 Å². The van der Waals surface area contributed by atoms with E-state index in [1.165, 1.54) is 26.4 Å². The molecule has 0 bridgehead atoms. The van der Waals surface area contributed by atoms with Gasteiger partial charge in [0.05, 0.1) is 19.2 Å². The lowest BCUT2D eigenvalue weighted by atomic mass is 10.0. The first kappa shape index (κ1) is 17.4. The Morgan fingerprint density at radius 1 is 1.23 bits per heavy atom. The maximum Gasteiger partial charge on any atom is 0.247 e. The molecule has 7 heteroatoms. The summed E-state index contributed by atoms with van der Waals surface area (Å²) in [5.74, 6) is 0.567. The summed E-state index contributed by atoms with van der Waals surface area (Å²) in [7, 11) is -0.752. The molecule has 1 saturated heterocycles. The third-order valence-electron chi connectivity index (χ3n) is 4.07. The Morgan fingerprint density at radius 3 is 2.50 bits per heavy atom. The molecule has 2 rings (SSSR count). The number of methoxy groups -OCH3 is 2. The van der Waals surface area contributed by atoms with Crippen molar-refractivity contribution in [1.29, 1.82) is 0 Å². The first-order valence-electron chi connectivity index (χ1n) is 7.39. The van der Waals surface area contributed by atoms with Gasteiger partial charge in [-0.3, -0.25) is 0 Å². The smallest absolute Gasteiger partial charge is 0.247 e. The molecule has 1 aromatic carbocycles. The highest BCUT2D eigenvalue weighted by Gasteiger charge is 2.35. The Kier molecular flexibility index (Phi) is 5.58. The number of rotatable bonds is 5. The summed E-state index contributed by atoms with van der Waals surface area (Å²) in [6.45, 7) is 2.55. The molecule has 0 N–H and O–H groups in total. The van der Waals surface area contributed by atoms with Crippen molar-refractivity contribution in [2.45, 2.75) is 43.5 Å². The van der Waals surface area contributed by atoms with Gasteiger partial charge in [0.2, 0.25) is 10.0 Å². The van der Waals surface area contributed by atoms with Gasteiger partial charge < -0.3 is 9.47 Å². The van der Waals surface area contributed by atoms with Crippen LogP contribution in [0.2, 0.25) is 5.02 Å². The standard InChI is InChI=1S/C15H22ClNO4S/c1-4-11-7-5-6-8-17(11)22(18,19)15-10-13(20-2)12(16)9-14(15)21-3/h9-11H,4-8H2,1-3H3. The largest absolute Gasteiger partial charge is 0.495 e. The number of hydrogen-bond donors (Lipinski definition) is 0. The Hall–Kier alpha value is -0.980. The van der Waals surface area contributed by atoms with Gasteiger partial charge in [0.1, 0.15) is 16.4 Å². The van der Waals surface area contributed by atoms with Crippen molar-refractivity contribution < 1.29 is 17.9 Å². The number of ether oxygens (including phenoxy) is 2. The van der Waals surface area contributed by atoms with E-state index >= 15 is 0 Å². The second-order valence-electron chi connectivity index (χ2n) is 5.31. The highest BCUT2D eigenvalue weighted by atomic mass is 35.5. The highest BCUT2D eigenvalue weighted by Crippen LogP contribution is 2.38. The van der Waals surface area contributed by atoms with Gasteiger partial charge in [0.25, 0.3) is 0 Å². The molecule has 0 saturated carbocycles. The lowest BCUT2D eigenvalue weighted by Gasteiger charge is -2.34. The van der Waals surface area contributed by atoms with Gasteiger partial charge in [0, 0.05) is 24.7 Å². The SMILES string of the molecule is CCC1CCCCN1S(=O)(=O)c1cc(OC)c(Cl)cc1OC. The Bertz CT molecular complexity index is 633. The third kappa shape index (κ3) is 3.19. The van der Waals surface area contributed by atoms with Crippen LogP contribution in [0.15, 0.2) is 17.0 Å². The van der Waals surface area contributed by atoms with Crippen molar-refractivity contribution in [2.24, 2.45) is 0 Å². The van der Waals surface area contributed by atoms with Crippen LogP contribution in [0.3, 0.4) is 0 Å². The molecular formula is C15H22ClNO4S. The van der Waals surface area contributed by atoms with Crippen molar-refractivity contribution in [3.8, 4) is 11.5 Å². The zero-order chi connectivity index (χ0) is 16.3. The maximum absolute atomic E-state index is 13.1. The van der Waals surface area contributed by atoms with Crippen LogP contribution in [0, 0.1) is 0 Å². The molecule has 0 aromatic heterocycles. The fourth-order valence-corrected chi connectivity index (χ4v) is 5.01. The molecule has 0 radical (unpaired) electrons. The summed E-state index contributed by atoms with van der Waals surface area (Å²) in [6, 6.07) is 2.96. The molecule has 1 fully saturated rings. The van der Waals surface area contributed by atoms with Gasteiger partial charge in [0.15, 0.2) is 0 Å². The summed E-state index contributed by atoms with van der Waals surface area (Å²) >= 11 is 6.06. The van der Waals surface area contributed by atoms with E-state index < -0.39 is 10.0 Å². The van der Waals surface area contributed by atoms with Crippen LogP contribution in [0.25, 0.3) is 0 Å². The van der Waals surface area contributed by atoms with E-state index in [4.69, 9.17) is 21.1 Å². The van der Waals surface area contributed by atoms with Crippen LogP contribution in [0.4, 0.5) is 0 Å². The third-order valence-corrected chi connectivity index (χ3v) is 6.34. The minimum absolute atomic E-state index is 0.0325. The summed E-state index contributed by atoms with van der Waals surface area (Å²) in [5, 5.41) is 0.323. The molecule has 1 aliphatic rings. The maximum atomic E-state index is 13.1. The average Bonchev–Trinajstić information content (AvgIpc) is 2.54. The molecule has 22 heavy (non-hydrogen) atoms. The fourth-order valence-electron chi connectivity index (χ4n) is 2.86. The predicted molar refractivity (Wildman–Crippen MR) is 86.4 cm³/mol. The van der Waals surface area contributed by atoms with E-state index in [-0.39, 0.29) is 16.7 Å². The van der Waals surface area contributed by atoms with Crippen molar-refractivity contribution in [1.82, 2.24) is 4.31 Å². The Balaban J connectivity index is 2.52. The van der Waals surface area contributed by atoms with E-state index in [2.05, 4.69) is 0 Å². The monoisotopic (exact) mass is 347 g/mol. The number of hydrogen-bond acceptors (Lipinski definition) is 4. The van der Waals surface area contributed by atoms with Crippen LogP contribution in [0.1, 0.15) is 32.6 Å². The lowest BCUT2D eigenvalue weighted by molar-refractivity contribution is 0.245. The number of nitrogens with zero attached hydrogens (tertiary/aromatic N) is 1. The quantitative estimate of drug-likeness (QED) is 0.820. The molecule has 0 spiro atoms. The molecule has 1 unspecified atom stereocenters. The number of halogens is 1. The summed E-state index contributed by atoms with van der Waals surface area (Å²) in [4.78, 5) is 0.108. The van der Waals surface area contributed by atoms with E-state index in [1.807, 2.05) is 6.92 Å². The Morgan fingerprint density at radius 2 is 1.91 bits per heavy atom. The van der Waals surface area contributed by atoms with Crippen molar-refractivity contribution in [3.05, 3.63) is 17.2 Å². The molecule has 1 heterocycles. The molecule has 1 aromatic rings. The van der Waals surface area contributed by atoms with E-state index in [0.29, 0.717) is 17.3 Å². The summed E-state index contributed by atoms with van der Waals surface area (Å²) in [5.41, 5.74) is 0. The van der Waals surface area contributed by atoms with Crippen LogP contribution in [0.5, 0.6) is 11.5 Å². The first-order chi connectivity index (χ1) is 10.5. The average molecular weight is 348 g/mol. The van der Waals surface area contributed by atoms with E-state index in [1.54, 1.807) is 4.31 Å². The van der Waals surface area contributed by atoms with Crippen LogP contribution >= 0.6 is 11.6 Å². The van der Waals surface area contributed by atoms with Crippen LogP contribution < -0.4 is 9.47 Å². The molecule has 1 aliphatic heterocycles. The first-order valence-corrected chi connectivity index (χ1v) is 9.20. The van der Waals surface area contributed by atoms with Gasteiger partial charge in [-0.05, 0) is 19.3 Å². The molecule has 1 atom stereocenters. The van der Waals surface area contributed by atoms with Crippen molar-refractivity contribution in [2.75, 3.05) is 20.8 Å². The van der Waals surface area contributed by atoms with Gasteiger partial charge in [-0.2, -0.15) is 4.31 Å². The number of piperidine rings is 1. The number of benzene rings is 1. The fraction of sp³-hybridized carbons (Fsp3) is 0.600. The molecule has 124 valence electrons. The topological polar surface area (TPSA) is 55.8 Å². The van der Waals surface area contributed by atoms with E-state index in [0.717, 1.165) is 25.7 Å². The summed E-state index contributed by atoms with van der Waals surface area (Å²) < 4.78 is 38.1. The lowest BCUT2D eigenvalue weighted by Crippen LogP contribution is -2.43. The zero-order valence-electron chi connectivity index (χ0n) is 13.1.